The molecule has 0 saturated heterocycles. The molecule has 108 valence electrons. The second kappa shape index (κ2) is 7.70. The average molecular weight is 298 g/mol. The molecule has 0 aliphatic carbocycles. The first-order valence-corrected chi connectivity index (χ1v) is 9.46. The highest BCUT2D eigenvalue weighted by atomic mass is 32.2. The lowest BCUT2D eigenvalue weighted by molar-refractivity contribution is 0.400. The van der Waals surface area contributed by atoms with Gasteiger partial charge in [-0.25, -0.2) is 0 Å². The van der Waals surface area contributed by atoms with Gasteiger partial charge in [-0.2, -0.15) is 0 Å². The summed E-state index contributed by atoms with van der Waals surface area (Å²) in [4.78, 5) is 0. The Morgan fingerprint density at radius 2 is 2.21 bits per heavy atom. The Labute approximate surface area is 126 Å². The van der Waals surface area contributed by atoms with E-state index in [2.05, 4.69) is 49.3 Å². The van der Waals surface area contributed by atoms with Crippen molar-refractivity contribution < 1.29 is 0 Å². The topological polar surface area (TPSA) is 12.0 Å². The van der Waals surface area contributed by atoms with Crippen molar-refractivity contribution in [3.8, 4) is 0 Å². The Morgan fingerprint density at radius 1 is 1.37 bits per heavy atom. The highest BCUT2D eigenvalue weighted by Crippen LogP contribution is 2.43. The van der Waals surface area contributed by atoms with Crippen LogP contribution in [0.1, 0.15) is 70.9 Å². The number of rotatable bonds is 7. The van der Waals surface area contributed by atoms with Gasteiger partial charge in [0.05, 0.1) is 4.21 Å². The molecule has 0 radical (unpaired) electrons. The van der Waals surface area contributed by atoms with Gasteiger partial charge in [0.1, 0.15) is 0 Å². The summed E-state index contributed by atoms with van der Waals surface area (Å²) in [5.41, 5.74) is 1.55. The van der Waals surface area contributed by atoms with Gasteiger partial charge in [-0.15, -0.1) is 23.1 Å². The number of thiophene rings is 1. The Balaban J connectivity index is 1.82. The van der Waals surface area contributed by atoms with Crippen molar-refractivity contribution >= 4 is 23.1 Å². The predicted octanol–water partition coefficient (Wildman–Crippen LogP) is 5.62. The lowest BCUT2D eigenvalue weighted by atomic mass is 10.0. The number of fused-ring (bicyclic) bond motifs is 1. The molecule has 2 heterocycles. The predicted molar refractivity (Wildman–Crippen MR) is 88.4 cm³/mol. The summed E-state index contributed by atoms with van der Waals surface area (Å²) >= 11 is 3.96. The third kappa shape index (κ3) is 4.51. The maximum atomic E-state index is 3.86. The van der Waals surface area contributed by atoms with Crippen LogP contribution in [0.3, 0.4) is 0 Å². The van der Waals surface area contributed by atoms with Gasteiger partial charge < -0.3 is 5.32 Å². The van der Waals surface area contributed by atoms with Crippen LogP contribution in [0.25, 0.3) is 0 Å². The van der Waals surface area contributed by atoms with E-state index < -0.39 is 0 Å². The Hall–Kier alpha value is 0.0100. The molecule has 0 saturated carbocycles. The lowest BCUT2D eigenvalue weighted by Crippen LogP contribution is -2.33. The number of hydrogen-bond donors (Lipinski definition) is 1. The van der Waals surface area contributed by atoms with Gasteiger partial charge in [-0.1, -0.05) is 39.5 Å². The van der Waals surface area contributed by atoms with E-state index in [4.69, 9.17) is 0 Å². The number of thioether (sulfide) groups is 1. The SMILES string of the molecule is CCCCCCC(C)NC1C[C@H](C)Sc2sccc21. The Morgan fingerprint density at radius 3 is 3.00 bits per heavy atom. The zero-order valence-corrected chi connectivity index (χ0v) is 14.1. The van der Waals surface area contributed by atoms with E-state index in [-0.39, 0.29) is 0 Å². The van der Waals surface area contributed by atoms with Crippen LogP contribution in [0, 0.1) is 0 Å². The highest BCUT2D eigenvalue weighted by Gasteiger charge is 2.26. The molecule has 1 N–H and O–H groups in total. The summed E-state index contributed by atoms with van der Waals surface area (Å²) in [6.07, 6.45) is 8.07. The quantitative estimate of drug-likeness (QED) is 0.655. The molecular weight excluding hydrogens is 270 g/mol. The normalized spacial score (nSPS) is 24.2. The molecule has 0 amide bonds. The number of hydrogen-bond acceptors (Lipinski definition) is 3. The summed E-state index contributed by atoms with van der Waals surface area (Å²) in [6.45, 7) is 6.99. The fourth-order valence-corrected chi connectivity index (χ4v) is 5.38. The van der Waals surface area contributed by atoms with Crippen molar-refractivity contribution in [2.45, 2.75) is 80.8 Å². The molecule has 2 rings (SSSR count). The molecule has 1 aromatic heterocycles. The first-order chi connectivity index (χ1) is 9.20. The average Bonchev–Trinajstić information content (AvgIpc) is 2.82. The van der Waals surface area contributed by atoms with Crippen LogP contribution in [0.15, 0.2) is 15.7 Å². The molecule has 3 heteroatoms. The van der Waals surface area contributed by atoms with E-state index in [1.807, 2.05) is 11.3 Å². The fraction of sp³-hybridized carbons (Fsp3) is 0.750. The van der Waals surface area contributed by atoms with Crippen molar-refractivity contribution in [3.05, 3.63) is 17.0 Å². The van der Waals surface area contributed by atoms with Gasteiger partial charge in [0.15, 0.2) is 0 Å². The molecule has 1 aliphatic rings. The third-order valence-corrected chi connectivity index (χ3v) is 6.23. The maximum absolute atomic E-state index is 3.86. The summed E-state index contributed by atoms with van der Waals surface area (Å²) in [5, 5.41) is 6.85. The zero-order chi connectivity index (χ0) is 13.7. The maximum Gasteiger partial charge on any atom is 0.0649 e. The highest BCUT2D eigenvalue weighted by molar-refractivity contribution is 8.01. The third-order valence-electron chi connectivity index (χ3n) is 3.89. The van der Waals surface area contributed by atoms with Crippen LogP contribution in [-0.4, -0.2) is 11.3 Å². The van der Waals surface area contributed by atoms with Gasteiger partial charge in [-0.05, 0) is 36.8 Å². The summed E-state index contributed by atoms with van der Waals surface area (Å²) < 4.78 is 1.54. The van der Waals surface area contributed by atoms with Crippen molar-refractivity contribution in [1.29, 1.82) is 0 Å². The van der Waals surface area contributed by atoms with Crippen molar-refractivity contribution in [2.75, 3.05) is 0 Å². The summed E-state index contributed by atoms with van der Waals surface area (Å²) in [6, 6.07) is 3.55. The van der Waals surface area contributed by atoms with E-state index in [0.717, 1.165) is 5.25 Å². The molecule has 1 aromatic rings. The Kier molecular flexibility index (Phi) is 6.24. The molecule has 1 nitrogen and oxygen atoms in total. The van der Waals surface area contributed by atoms with Gasteiger partial charge in [-0.3, -0.25) is 0 Å². The molecule has 2 unspecified atom stereocenters. The first-order valence-electron chi connectivity index (χ1n) is 7.70. The molecule has 19 heavy (non-hydrogen) atoms. The van der Waals surface area contributed by atoms with Gasteiger partial charge in [0.2, 0.25) is 0 Å². The molecule has 1 aliphatic heterocycles. The molecule has 0 spiro atoms. The largest absolute Gasteiger partial charge is 0.307 e. The summed E-state index contributed by atoms with van der Waals surface area (Å²) in [5.74, 6) is 0. The first kappa shape index (κ1) is 15.4. The van der Waals surface area contributed by atoms with E-state index in [1.54, 1.807) is 5.56 Å². The molecule has 0 aromatic carbocycles. The molecule has 0 fully saturated rings. The monoisotopic (exact) mass is 297 g/mol. The van der Waals surface area contributed by atoms with Crippen molar-refractivity contribution in [2.24, 2.45) is 0 Å². The standard InChI is InChI=1S/C16H27NS2/c1-4-5-6-7-8-12(2)17-15-11-13(3)19-16-14(15)9-10-18-16/h9-10,12-13,15,17H,4-8,11H2,1-3H3/t12?,13-,15?/m0/s1. The molecule has 3 atom stereocenters. The van der Waals surface area contributed by atoms with Crippen LogP contribution in [0.4, 0.5) is 0 Å². The Bertz CT molecular complexity index is 375. The number of nitrogens with one attached hydrogen (secondary N) is 1. The van der Waals surface area contributed by atoms with Gasteiger partial charge >= 0.3 is 0 Å². The van der Waals surface area contributed by atoms with Crippen LogP contribution < -0.4 is 5.32 Å². The minimum atomic E-state index is 0.582. The fourth-order valence-electron chi connectivity index (χ4n) is 2.81. The van der Waals surface area contributed by atoms with Crippen LogP contribution in [0.2, 0.25) is 0 Å². The minimum Gasteiger partial charge on any atom is -0.307 e. The van der Waals surface area contributed by atoms with E-state index in [9.17, 15) is 0 Å². The van der Waals surface area contributed by atoms with E-state index in [0.29, 0.717) is 12.1 Å². The molecular formula is C16H27NS2. The lowest BCUT2D eigenvalue weighted by Gasteiger charge is -2.30. The van der Waals surface area contributed by atoms with E-state index in [1.165, 1.54) is 42.7 Å². The van der Waals surface area contributed by atoms with Crippen LogP contribution >= 0.6 is 23.1 Å². The van der Waals surface area contributed by atoms with Gasteiger partial charge in [0.25, 0.3) is 0 Å². The van der Waals surface area contributed by atoms with Gasteiger partial charge in [0, 0.05) is 17.3 Å². The summed E-state index contributed by atoms with van der Waals surface area (Å²) in [7, 11) is 0. The van der Waals surface area contributed by atoms with Crippen molar-refractivity contribution in [1.82, 2.24) is 5.32 Å². The second-order valence-corrected chi connectivity index (χ2v) is 8.42. The second-order valence-electron chi connectivity index (χ2n) is 5.80. The minimum absolute atomic E-state index is 0.582. The smallest absolute Gasteiger partial charge is 0.0649 e. The van der Waals surface area contributed by atoms with E-state index >= 15 is 0 Å². The number of unbranched alkanes of at least 4 members (excludes halogenated alkanes) is 3. The molecule has 0 bridgehead atoms. The zero-order valence-electron chi connectivity index (χ0n) is 12.4. The van der Waals surface area contributed by atoms with Crippen molar-refractivity contribution in [3.63, 3.8) is 0 Å². The van der Waals surface area contributed by atoms with Crippen LogP contribution in [0.5, 0.6) is 0 Å². The van der Waals surface area contributed by atoms with Crippen LogP contribution in [-0.2, 0) is 0 Å².